The molecule has 4 heteroatoms. The Morgan fingerprint density at radius 3 is 2.83 bits per heavy atom. The zero-order valence-electron chi connectivity index (χ0n) is 14.4. The Labute approximate surface area is 142 Å². The van der Waals surface area contributed by atoms with Crippen LogP contribution in [0.4, 0.5) is 0 Å². The van der Waals surface area contributed by atoms with E-state index in [9.17, 15) is 15.0 Å². The van der Waals surface area contributed by atoms with E-state index in [1.54, 1.807) is 6.07 Å². The number of ether oxygens (including phenoxy) is 1. The van der Waals surface area contributed by atoms with Gasteiger partial charge in [0.15, 0.2) is 0 Å². The molecule has 0 amide bonds. The summed E-state index contributed by atoms with van der Waals surface area (Å²) in [7, 11) is 0. The summed E-state index contributed by atoms with van der Waals surface area (Å²) in [4.78, 5) is 11.7. The lowest BCUT2D eigenvalue weighted by atomic mass is 9.54. The molecule has 130 valence electrons. The van der Waals surface area contributed by atoms with Crippen molar-refractivity contribution in [3.63, 3.8) is 0 Å². The van der Waals surface area contributed by atoms with Crippen LogP contribution in [-0.2, 0) is 16.0 Å². The fourth-order valence-electron chi connectivity index (χ4n) is 5.92. The molecule has 3 aliphatic rings. The van der Waals surface area contributed by atoms with Crippen LogP contribution in [0.2, 0.25) is 0 Å². The van der Waals surface area contributed by atoms with Crippen LogP contribution < -0.4 is 0 Å². The van der Waals surface area contributed by atoms with E-state index in [1.807, 2.05) is 12.1 Å². The van der Waals surface area contributed by atoms with Gasteiger partial charge in [-0.15, -0.1) is 0 Å². The molecule has 0 saturated heterocycles. The smallest absolute Gasteiger partial charge is 0.302 e. The summed E-state index contributed by atoms with van der Waals surface area (Å²) >= 11 is 0. The number of aromatic hydroxyl groups is 1. The number of phenolic OH excluding ortho intramolecular Hbond substituents is 1. The van der Waals surface area contributed by atoms with Crippen LogP contribution in [0, 0.1) is 17.3 Å². The third-order valence-corrected chi connectivity index (χ3v) is 6.93. The van der Waals surface area contributed by atoms with Gasteiger partial charge in [-0.25, -0.2) is 0 Å². The number of hydrogen-bond acceptors (Lipinski definition) is 4. The largest absolute Gasteiger partial charge is 0.508 e. The molecular weight excluding hydrogens is 304 g/mol. The number of phenols is 1. The van der Waals surface area contributed by atoms with Crippen LogP contribution in [-0.4, -0.2) is 28.4 Å². The van der Waals surface area contributed by atoms with Crippen molar-refractivity contribution >= 4 is 5.97 Å². The van der Waals surface area contributed by atoms with Crippen LogP contribution in [0.15, 0.2) is 18.2 Å². The molecule has 1 unspecified atom stereocenters. The SMILES string of the molecule is CC(=O)OC1C[C@]2(C)[C@@H](O)CC[C@H]2[C@@H]2CCc3cc(O)ccc3[C@@H]12. The van der Waals surface area contributed by atoms with Gasteiger partial charge in [-0.05, 0) is 67.2 Å². The van der Waals surface area contributed by atoms with Crippen molar-refractivity contribution in [2.75, 3.05) is 0 Å². The van der Waals surface area contributed by atoms with Crippen molar-refractivity contribution in [3.8, 4) is 5.75 Å². The lowest BCUT2D eigenvalue weighted by molar-refractivity contribution is -0.159. The molecule has 0 radical (unpaired) electrons. The van der Waals surface area contributed by atoms with Crippen molar-refractivity contribution in [1.29, 1.82) is 0 Å². The molecule has 1 aromatic carbocycles. The van der Waals surface area contributed by atoms with Crippen molar-refractivity contribution in [2.45, 2.75) is 64.1 Å². The highest BCUT2D eigenvalue weighted by atomic mass is 16.5. The Kier molecular flexibility index (Phi) is 3.64. The monoisotopic (exact) mass is 330 g/mol. The van der Waals surface area contributed by atoms with Gasteiger partial charge < -0.3 is 14.9 Å². The molecule has 6 atom stereocenters. The number of esters is 1. The van der Waals surface area contributed by atoms with E-state index < -0.39 is 0 Å². The van der Waals surface area contributed by atoms with Gasteiger partial charge in [0.1, 0.15) is 11.9 Å². The summed E-state index contributed by atoms with van der Waals surface area (Å²) in [5.41, 5.74) is 2.24. The van der Waals surface area contributed by atoms with Gasteiger partial charge in [0.2, 0.25) is 0 Å². The normalized spacial score (nSPS) is 40.4. The third kappa shape index (κ3) is 2.26. The fourth-order valence-corrected chi connectivity index (χ4v) is 5.92. The first-order valence-electron chi connectivity index (χ1n) is 9.07. The highest BCUT2D eigenvalue weighted by Crippen LogP contribution is 2.61. The number of carbonyl (C=O) groups is 1. The van der Waals surface area contributed by atoms with E-state index in [1.165, 1.54) is 18.1 Å². The molecule has 0 spiro atoms. The number of fused-ring (bicyclic) bond motifs is 5. The molecule has 0 heterocycles. The minimum Gasteiger partial charge on any atom is -0.508 e. The van der Waals surface area contributed by atoms with E-state index >= 15 is 0 Å². The highest BCUT2D eigenvalue weighted by molar-refractivity contribution is 5.66. The number of benzene rings is 1. The summed E-state index contributed by atoms with van der Waals surface area (Å²) in [5.74, 6) is 1.14. The average molecular weight is 330 g/mol. The predicted molar refractivity (Wildman–Crippen MR) is 89.7 cm³/mol. The third-order valence-electron chi connectivity index (χ3n) is 6.93. The van der Waals surface area contributed by atoms with Crippen LogP contribution in [0.1, 0.15) is 56.6 Å². The maximum absolute atomic E-state index is 11.7. The number of carbonyl (C=O) groups excluding carboxylic acids is 1. The lowest BCUT2D eigenvalue weighted by Gasteiger charge is -2.53. The van der Waals surface area contributed by atoms with Gasteiger partial charge in [0, 0.05) is 18.3 Å². The molecule has 4 nitrogen and oxygen atoms in total. The first kappa shape index (κ1) is 15.9. The Morgan fingerprint density at radius 1 is 1.29 bits per heavy atom. The Bertz CT molecular complexity index is 670. The Balaban J connectivity index is 1.78. The zero-order valence-corrected chi connectivity index (χ0v) is 14.4. The summed E-state index contributed by atoms with van der Waals surface area (Å²) in [6, 6.07) is 5.60. The molecular formula is C20H26O4. The number of rotatable bonds is 1. The maximum atomic E-state index is 11.7. The molecule has 24 heavy (non-hydrogen) atoms. The topological polar surface area (TPSA) is 66.8 Å². The van der Waals surface area contributed by atoms with Gasteiger partial charge in [0.25, 0.3) is 0 Å². The quantitative estimate of drug-likeness (QED) is 0.776. The Morgan fingerprint density at radius 2 is 2.08 bits per heavy atom. The average Bonchev–Trinajstić information content (AvgIpc) is 2.81. The van der Waals surface area contributed by atoms with Crippen LogP contribution in [0.25, 0.3) is 0 Å². The molecule has 2 N–H and O–H groups in total. The number of aliphatic hydroxyl groups excluding tert-OH is 1. The second kappa shape index (κ2) is 5.48. The van der Waals surface area contributed by atoms with E-state index in [0.717, 1.165) is 32.1 Å². The molecule has 2 saturated carbocycles. The number of aryl methyl sites for hydroxylation is 1. The van der Waals surface area contributed by atoms with Crippen molar-refractivity contribution in [2.24, 2.45) is 17.3 Å². The summed E-state index contributed by atoms with van der Waals surface area (Å²) in [6.07, 6.45) is 4.11. The summed E-state index contributed by atoms with van der Waals surface area (Å²) < 4.78 is 5.76. The molecule has 0 aliphatic heterocycles. The highest BCUT2D eigenvalue weighted by Gasteiger charge is 2.58. The molecule has 4 rings (SSSR count). The zero-order chi connectivity index (χ0) is 17.1. The molecule has 3 aliphatic carbocycles. The van der Waals surface area contributed by atoms with Crippen LogP contribution >= 0.6 is 0 Å². The van der Waals surface area contributed by atoms with Crippen molar-refractivity contribution < 1.29 is 19.7 Å². The maximum Gasteiger partial charge on any atom is 0.302 e. The predicted octanol–water partition coefficient (Wildman–Crippen LogP) is 3.15. The van der Waals surface area contributed by atoms with Crippen LogP contribution in [0.3, 0.4) is 0 Å². The van der Waals surface area contributed by atoms with Gasteiger partial charge >= 0.3 is 5.97 Å². The van der Waals surface area contributed by atoms with E-state index in [0.29, 0.717) is 17.6 Å². The van der Waals surface area contributed by atoms with Crippen molar-refractivity contribution in [1.82, 2.24) is 0 Å². The molecule has 0 aromatic heterocycles. The van der Waals surface area contributed by atoms with E-state index in [4.69, 9.17) is 4.74 Å². The van der Waals surface area contributed by atoms with Gasteiger partial charge in [-0.3, -0.25) is 4.79 Å². The lowest BCUT2D eigenvalue weighted by Crippen LogP contribution is -2.51. The second-order valence-electron chi connectivity index (χ2n) is 8.17. The van der Waals surface area contributed by atoms with Crippen molar-refractivity contribution in [3.05, 3.63) is 29.3 Å². The minimum absolute atomic E-state index is 0.157. The van der Waals surface area contributed by atoms with E-state index in [2.05, 4.69) is 6.92 Å². The summed E-state index contributed by atoms with van der Waals surface area (Å²) in [6.45, 7) is 3.64. The first-order chi connectivity index (χ1) is 11.4. The van der Waals surface area contributed by atoms with E-state index in [-0.39, 0.29) is 29.5 Å². The molecule has 1 aromatic rings. The summed E-state index contributed by atoms with van der Waals surface area (Å²) in [5, 5.41) is 20.4. The molecule has 0 bridgehead atoms. The van der Waals surface area contributed by atoms with Crippen LogP contribution in [0.5, 0.6) is 5.75 Å². The number of aliphatic hydroxyl groups is 1. The second-order valence-corrected chi connectivity index (χ2v) is 8.17. The van der Waals surface area contributed by atoms with Gasteiger partial charge in [0.05, 0.1) is 6.10 Å². The van der Waals surface area contributed by atoms with Gasteiger partial charge in [-0.2, -0.15) is 0 Å². The van der Waals surface area contributed by atoms with Gasteiger partial charge in [-0.1, -0.05) is 13.0 Å². The minimum atomic E-state index is -0.303. The Hall–Kier alpha value is -1.55. The fraction of sp³-hybridized carbons (Fsp3) is 0.650. The first-order valence-corrected chi connectivity index (χ1v) is 9.07. The molecule has 2 fully saturated rings. The standard InChI is InChI=1S/C20H26O4/c1-11(21)24-17-10-20(2)16(7-8-18(20)23)15-5-3-12-9-13(22)4-6-14(12)19(15)17/h4,6,9,15-19,22-23H,3,5,7-8,10H2,1-2H3/t15-,16-,17?,18-,19+,20-/m0/s1. The number of hydrogen-bond donors (Lipinski definition) is 2.